The van der Waals surface area contributed by atoms with Crippen LogP contribution in [-0.2, 0) is 23.0 Å². The maximum Gasteiger partial charge on any atom is 0.244 e. The SMILES string of the molecule is Cc1noc(-c2cc(S(=O)(=O)N3CCc4ccccc4C3)c(C)s2)c1C. The van der Waals surface area contributed by atoms with E-state index in [1.807, 2.05) is 39.0 Å². The van der Waals surface area contributed by atoms with Crippen molar-refractivity contribution in [3.05, 3.63) is 57.6 Å². The van der Waals surface area contributed by atoms with Crippen LogP contribution in [0.4, 0.5) is 0 Å². The van der Waals surface area contributed by atoms with Crippen molar-refractivity contribution >= 4 is 21.4 Å². The fourth-order valence-electron chi connectivity index (χ4n) is 3.29. The lowest BCUT2D eigenvalue weighted by Gasteiger charge is -2.28. The van der Waals surface area contributed by atoms with E-state index in [2.05, 4.69) is 11.2 Å². The number of fused-ring (bicyclic) bond motifs is 1. The molecule has 0 atom stereocenters. The summed E-state index contributed by atoms with van der Waals surface area (Å²) in [6, 6.07) is 9.76. The van der Waals surface area contributed by atoms with Crippen LogP contribution in [0.25, 0.3) is 10.6 Å². The smallest absolute Gasteiger partial charge is 0.244 e. The van der Waals surface area contributed by atoms with Crippen LogP contribution in [0, 0.1) is 20.8 Å². The Labute approximate surface area is 157 Å². The Bertz CT molecular complexity index is 1080. The molecule has 0 radical (unpaired) electrons. The van der Waals surface area contributed by atoms with Gasteiger partial charge in [0.2, 0.25) is 10.0 Å². The summed E-state index contributed by atoms with van der Waals surface area (Å²) in [7, 11) is -3.55. The van der Waals surface area contributed by atoms with Crippen LogP contribution in [0.3, 0.4) is 0 Å². The normalized spacial score (nSPS) is 15.2. The lowest BCUT2D eigenvalue weighted by atomic mass is 10.0. The van der Waals surface area contributed by atoms with E-state index in [4.69, 9.17) is 4.52 Å². The zero-order chi connectivity index (χ0) is 18.5. The molecule has 0 aliphatic carbocycles. The number of hydrogen-bond donors (Lipinski definition) is 0. The van der Waals surface area contributed by atoms with Gasteiger partial charge in [-0.3, -0.25) is 0 Å². The first-order chi connectivity index (χ1) is 12.4. The zero-order valence-electron chi connectivity index (χ0n) is 14.9. The Morgan fingerprint density at radius 1 is 1.15 bits per heavy atom. The highest BCUT2D eigenvalue weighted by Crippen LogP contribution is 2.37. The molecular weight excluding hydrogens is 368 g/mol. The average molecular weight is 389 g/mol. The summed E-state index contributed by atoms with van der Waals surface area (Å²) >= 11 is 1.43. The highest BCUT2D eigenvalue weighted by atomic mass is 32.2. The first-order valence-corrected chi connectivity index (χ1v) is 10.7. The molecule has 0 bridgehead atoms. The topological polar surface area (TPSA) is 63.4 Å². The average Bonchev–Trinajstić information content (AvgIpc) is 3.18. The van der Waals surface area contributed by atoms with E-state index in [0.29, 0.717) is 23.7 Å². The van der Waals surface area contributed by atoms with Crippen LogP contribution in [0.15, 0.2) is 39.8 Å². The molecule has 1 aromatic carbocycles. The van der Waals surface area contributed by atoms with Crippen molar-refractivity contribution in [2.45, 2.75) is 38.6 Å². The lowest BCUT2D eigenvalue weighted by molar-refractivity contribution is 0.391. The fraction of sp³-hybridized carbons (Fsp3) is 0.316. The molecule has 0 unspecified atom stereocenters. The molecule has 4 rings (SSSR count). The maximum atomic E-state index is 13.2. The van der Waals surface area contributed by atoms with E-state index < -0.39 is 10.0 Å². The first-order valence-electron chi connectivity index (χ1n) is 8.48. The van der Waals surface area contributed by atoms with Crippen LogP contribution in [0.1, 0.15) is 27.3 Å². The van der Waals surface area contributed by atoms with Crippen molar-refractivity contribution < 1.29 is 12.9 Å². The Morgan fingerprint density at radius 2 is 1.88 bits per heavy atom. The Kier molecular flexibility index (Phi) is 4.25. The summed E-state index contributed by atoms with van der Waals surface area (Å²) in [5.74, 6) is 0.654. The first kappa shape index (κ1) is 17.5. The van der Waals surface area contributed by atoms with E-state index in [1.54, 1.807) is 10.4 Å². The van der Waals surface area contributed by atoms with Crippen LogP contribution in [0.5, 0.6) is 0 Å². The highest BCUT2D eigenvalue weighted by molar-refractivity contribution is 7.89. The van der Waals surface area contributed by atoms with E-state index in [1.165, 1.54) is 16.9 Å². The quantitative estimate of drug-likeness (QED) is 0.678. The molecule has 5 nitrogen and oxygen atoms in total. The molecule has 0 N–H and O–H groups in total. The monoisotopic (exact) mass is 388 g/mol. The van der Waals surface area contributed by atoms with E-state index in [-0.39, 0.29) is 0 Å². The number of benzene rings is 1. The molecule has 0 saturated carbocycles. The van der Waals surface area contributed by atoms with Gasteiger partial charge in [-0.05, 0) is 44.4 Å². The molecule has 136 valence electrons. The van der Waals surface area contributed by atoms with Gasteiger partial charge in [0.15, 0.2) is 5.76 Å². The molecule has 1 aliphatic heterocycles. The Morgan fingerprint density at radius 3 is 2.58 bits per heavy atom. The van der Waals surface area contributed by atoms with Crippen molar-refractivity contribution in [3.8, 4) is 10.6 Å². The van der Waals surface area contributed by atoms with Gasteiger partial charge in [0.25, 0.3) is 0 Å². The summed E-state index contributed by atoms with van der Waals surface area (Å²) in [4.78, 5) is 1.94. The van der Waals surface area contributed by atoms with Gasteiger partial charge < -0.3 is 4.52 Å². The molecular formula is C19H20N2O3S2. The summed E-state index contributed by atoms with van der Waals surface area (Å²) in [6.07, 6.45) is 0.742. The van der Waals surface area contributed by atoms with Gasteiger partial charge in [0.1, 0.15) is 0 Å². The van der Waals surface area contributed by atoms with Gasteiger partial charge in [-0.2, -0.15) is 4.31 Å². The van der Waals surface area contributed by atoms with Crippen LogP contribution >= 0.6 is 11.3 Å². The standard InChI is InChI=1S/C19H20N2O3S2/c1-12-13(2)20-24-19(12)17-10-18(14(3)25-17)26(22,23)21-9-8-15-6-4-5-7-16(15)11-21/h4-7,10H,8-9,11H2,1-3H3. The van der Waals surface area contributed by atoms with Crippen molar-refractivity contribution in [2.75, 3.05) is 6.54 Å². The van der Waals surface area contributed by atoms with Crippen LogP contribution in [-0.4, -0.2) is 24.4 Å². The van der Waals surface area contributed by atoms with Crippen molar-refractivity contribution in [3.63, 3.8) is 0 Å². The molecule has 2 aromatic heterocycles. The maximum absolute atomic E-state index is 13.2. The van der Waals surface area contributed by atoms with Gasteiger partial charge in [-0.15, -0.1) is 11.3 Å². The number of aromatic nitrogens is 1. The lowest BCUT2D eigenvalue weighted by Crippen LogP contribution is -2.36. The van der Waals surface area contributed by atoms with Crippen molar-refractivity contribution in [1.82, 2.24) is 9.46 Å². The minimum Gasteiger partial charge on any atom is -0.355 e. The van der Waals surface area contributed by atoms with Crippen LogP contribution < -0.4 is 0 Å². The van der Waals surface area contributed by atoms with E-state index in [9.17, 15) is 8.42 Å². The number of nitrogens with zero attached hydrogens (tertiary/aromatic N) is 2. The largest absolute Gasteiger partial charge is 0.355 e. The molecule has 0 saturated heterocycles. The van der Waals surface area contributed by atoms with Crippen molar-refractivity contribution in [1.29, 1.82) is 0 Å². The van der Waals surface area contributed by atoms with E-state index >= 15 is 0 Å². The highest BCUT2D eigenvalue weighted by Gasteiger charge is 2.31. The molecule has 7 heteroatoms. The third kappa shape index (κ3) is 2.80. The van der Waals surface area contributed by atoms with E-state index in [0.717, 1.165) is 33.0 Å². The number of rotatable bonds is 3. The molecule has 0 amide bonds. The summed E-state index contributed by atoms with van der Waals surface area (Å²) < 4.78 is 33.5. The molecule has 1 aliphatic rings. The number of thiophene rings is 1. The Hall–Kier alpha value is -1.96. The third-order valence-electron chi connectivity index (χ3n) is 4.97. The number of aryl methyl sites for hydroxylation is 2. The van der Waals surface area contributed by atoms with Gasteiger partial charge in [0.05, 0.1) is 15.5 Å². The van der Waals surface area contributed by atoms with Crippen molar-refractivity contribution in [2.24, 2.45) is 0 Å². The summed E-state index contributed by atoms with van der Waals surface area (Å²) in [6.45, 7) is 6.59. The second kappa shape index (κ2) is 6.33. The fourth-order valence-corrected chi connectivity index (χ4v) is 6.31. The Balaban J connectivity index is 1.70. The molecule has 3 heterocycles. The summed E-state index contributed by atoms with van der Waals surface area (Å²) in [5.41, 5.74) is 4.08. The third-order valence-corrected chi connectivity index (χ3v) is 8.12. The molecule has 0 spiro atoms. The molecule has 3 aromatic rings. The van der Waals surface area contributed by atoms with Gasteiger partial charge >= 0.3 is 0 Å². The predicted molar refractivity (Wildman–Crippen MR) is 102 cm³/mol. The second-order valence-corrected chi connectivity index (χ2v) is 9.77. The minimum absolute atomic E-state index is 0.366. The second-order valence-electron chi connectivity index (χ2n) is 6.61. The minimum atomic E-state index is -3.55. The molecule has 0 fully saturated rings. The zero-order valence-corrected chi connectivity index (χ0v) is 16.6. The molecule has 26 heavy (non-hydrogen) atoms. The summed E-state index contributed by atoms with van der Waals surface area (Å²) in [5, 5.41) is 3.98. The van der Waals surface area contributed by atoms with Gasteiger partial charge in [-0.1, -0.05) is 29.4 Å². The van der Waals surface area contributed by atoms with Gasteiger partial charge in [-0.25, -0.2) is 8.42 Å². The van der Waals surface area contributed by atoms with Gasteiger partial charge in [0, 0.05) is 23.5 Å². The van der Waals surface area contributed by atoms with Crippen LogP contribution in [0.2, 0.25) is 0 Å². The number of hydrogen-bond acceptors (Lipinski definition) is 5. The number of sulfonamides is 1. The predicted octanol–water partition coefficient (Wildman–Crippen LogP) is 4.08.